The number of halogens is 2. The van der Waals surface area contributed by atoms with E-state index in [1.807, 2.05) is 48.5 Å². The van der Waals surface area contributed by atoms with Crippen LogP contribution in [0, 0.1) is 0 Å². The van der Waals surface area contributed by atoms with E-state index in [0.717, 1.165) is 22.5 Å². The van der Waals surface area contributed by atoms with Crippen LogP contribution in [-0.2, 0) is 10.2 Å². The molecule has 2 aromatic carbocycles. The maximum atomic E-state index is 14.1. The van der Waals surface area contributed by atoms with Gasteiger partial charge >= 0.3 is 0 Å². The van der Waals surface area contributed by atoms with Crippen molar-refractivity contribution >= 4 is 34.0 Å². The minimum Gasteiger partial charge on any atom is -0.355 e. The lowest BCUT2D eigenvalue weighted by Gasteiger charge is -2.14. The van der Waals surface area contributed by atoms with Crippen LogP contribution in [0.2, 0.25) is 0 Å². The zero-order chi connectivity index (χ0) is 20.3. The van der Waals surface area contributed by atoms with E-state index in [9.17, 15) is 4.39 Å². The smallest absolute Gasteiger partial charge is 0.207 e. The summed E-state index contributed by atoms with van der Waals surface area (Å²) in [7, 11) is 0. The van der Waals surface area contributed by atoms with Crippen molar-refractivity contribution in [2.45, 2.75) is 17.1 Å². The molecule has 0 aliphatic carbocycles. The van der Waals surface area contributed by atoms with Crippen molar-refractivity contribution in [2.75, 3.05) is 5.32 Å². The van der Waals surface area contributed by atoms with Crippen LogP contribution in [0.3, 0.4) is 0 Å². The molecule has 4 rings (SSSR count). The number of nitrogens with one attached hydrogen (secondary N) is 1. The first kappa shape index (κ1) is 19.4. The van der Waals surface area contributed by atoms with Crippen LogP contribution >= 0.6 is 22.6 Å². The summed E-state index contributed by atoms with van der Waals surface area (Å²) in [5.41, 5.74) is 4.15. The molecular formula is C21H18FIN6. The van der Waals surface area contributed by atoms with Gasteiger partial charge in [-0.15, -0.1) is 10.2 Å². The summed E-state index contributed by atoms with van der Waals surface area (Å²) in [6.07, 6.45) is 3.51. The van der Waals surface area contributed by atoms with Gasteiger partial charge in [0.1, 0.15) is 0 Å². The highest BCUT2D eigenvalue weighted by Gasteiger charge is 2.20. The maximum absolute atomic E-state index is 14.1. The molecule has 0 saturated carbocycles. The van der Waals surface area contributed by atoms with Gasteiger partial charge < -0.3 is 5.32 Å². The van der Waals surface area contributed by atoms with Gasteiger partial charge in [-0.3, -0.25) is 4.98 Å². The number of rotatable bonds is 6. The number of pyridine rings is 1. The number of tetrazole rings is 1. The van der Waals surface area contributed by atoms with Crippen molar-refractivity contribution in [2.24, 2.45) is 0 Å². The fourth-order valence-electron chi connectivity index (χ4n) is 2.86. The predicted molar refractivity (Wildman–Crippen MR) is 119 cm³/mol. The van der Waals surface area contributed by atoms with E-state index in [4.69, 9.17) is 0 Å². The second-order valence-corrected chi connectivity index (χ2v) is 8.67. The van der Waals surface area contributed by atoms with E-state index >= 15 is 0 Å². The summed E-state index contributed by atoms with van der Waals surface area (Å²) < 4.78 is 12.7. The third-order valence-electron chi connectivity index (χ3n) is 4.34. The van der Waals surface area contributed by atoms with E-state index in [2.05, 4.69) is 25.7 Å². The average Bonchev–Trinajstić information content (AvgIpc) is 3.17. The Labute approximate surface area is 181 Å². The topological polar surface area (TPSA) is 68.5 Å². The molecule has 2 aromatic heterocycles. The molecule has 1 N–H and O–H groups in total. The minimum absolute atomic E-state index is 0.496. The monoisotopic (exact) mass is 500 g/mol. The van der Waals surface area contributed by atoms with E-state index in [0.29, 0.717) is 17.9 Å². The first-order valence-electron chi connectivity index (χ1n) is 9.00. The number of para-hydroxylation sites is 1. The Kier molecular flexibility index (Phi) is 5.52. The second kappa shape index (κ2) is 8.24. The van der Waals surface area contributed by atoms with Gasteiger partial charge in [0.25, 0.3) is 0 Å². The van der Waals surface area contributed by atoms with Crippen molar-refractivity contribution < 1.29 is 4.39 Å². The molecule has 4 aromatic rings. The first-order valence-corrected chi connectivity index (χ1v) is 10.1. The van der Waals surface area contributed by atoms with Crippen molar-refractivity contribution in [3.63, 3.8) is 0 Å². The highest BCUT2D eigenvalue weighted by molar-refractivity contribution is 14.1. The standard InChI is InChI=1S/C21H18FIN6/c1-21(22,23)16-8-10-17(11-9-16)25-19-7-3-2-6-18(19)20-26-28-29(27-20)14-15-5-4-12-24-13-15/h2-13,25H,14H2,1H3. The minimum atomic E-state index is -1.40. The zero-order valence-corrected chi connectivity index (χ0v) is 17.8. The number of nitrogens with zero attached hydrogens (tertiary/aromatic N) is 5. The van der Waals surface area contributed by atoms with Gasteiger partial charge in [0.2, 0.25) is 5.82 Å². The van der Waals surface area contributed by atoms with E-state index in [1.54, 1.807) is 51.9 Å². The quantitative estimate of drug-likeness (QED) is 0.295. The fourth-order valence-corrected chi connectivity index (χ4v) is 3.22. The van der Waals surface area contributed by atoms with Gasteiger partial charge in [-0.1, -0.05) is 30.3 Å². The fraction of sp³-hybridized carbons (Fsp3) is 0.143. The molecule has 29 heavy (non-hydrogen) atoms. The second-order valence-electron chi connectivity index (χ2n) is 6.64. The third kappa shape index (κ3) is 4.76. The Morgan fingerprint density at radius 3 is 2.59 bits per heavy atom. The molecule has 6 nitrogen and oxygen atoms in total. The molecule has 0 saturated heterocycles. The molecule has 0 aliphatic rings. The van der Waals surface area contributed by atoms with Crippen LogP contribution in [0.15, 0.2) is 73.1 Å². The normalized spacial score (nSPS) is 13.1. The summed E-state index contributed by atoms with van der Waals surface area (Å²) in [5.74, 6) is 0.525. The Bertz CT molecular complexity index is 1090. The van der Waals surface area contributed by atoms with Gasteiger partial charge in [-0.25, -0.2) is 4.39 Å². The SMILES string of the molecule is CC(F)(I)c1ccc(Nc2ccccc2-c2nnn(Cc3cccnc3)n2)cc1. The van der Waals surface area contributed by atoms with Crippen LogP contribution in [0.4, 0.5) is 15.8 Å². The van der Waals surface area contributed by atoms with E-state index in [1.165, 1.54) is 6.92 Å². The van der Waals surface area contributed by atoms with Crippen LogP contribution in [-0.4, -0.2) is 25.2 Å². The van der Waals surface area contributed by atoms with Gasteiger partial charge in [-0.05, 0) is 76.2 Å². The average molecular weight is 500 g/mol. The number of benzene rings is 2. The van der Waals surface area contributed by atoms with Crippen LogP contribution < -0.4 is 5.32 Å². The Morgan fingerprint density at radius 2 is 1.86 bits per heavy atom. The molecule has 8 heteroatoms. The highest BCUT2D eigenvalue weighted by Crippen LogP contribution is 2.34. The van der Waals surface area contributed by atoms with Crippen molar-refractivity contribution in [1.82, 2.24) is 25.2 Å². The highest BCUT2D eigenvalue weighted by atomic mass is 127. The lowest BCUT2D eigenvalue weighted by atomic mass is 10.1. The Balaban J connectivity index is 1.56. The number of aromatic nitrogens is 5. The van der Waals surface area contributed by atoms with E-state index < -0.39 is 3.68 Å². The summed E-state index contributed by atoms with van der Waals surface area (Å²) in [4.78, 5) is 5.65. The molecule has 146 valence electrons. The number of hydrogen-bond donors (Lipinski definition) is 1. The van der Waals surface area contributed by atoms with Crippen molar-refractivity contribution in [3.8, 4) is 11.4 Å². The third-order valence-corrected chi connectivity index (χ3v) is 4.96. The molecule has 0 fully saturated rings. The number of alkyl halides is 2. The molecule has 0 aliphatic heterocycles. The molecular weight excluding hydrogens is 482 g/mol. The van der Waals surface area contributed by atoms with Crippen molar-refractivity contribution in [3.05, 3.63) is 84.2 Å². The largest absolute Gasteiger partial charge is 0.355 e. The molecule has 1 atom stereocenters. The maximum Gasteiger partial charge on any atom is 0.207 e. The zero-order valence-electron chi connectivity index (χ0n) is 15.6. The summed E-state index contributed by atoms with van der Waals surface area (Å²) in [6.45, 7) is 2.03. The van der Waals surface area contributed by atoms with Crippen LogP contribution in [0.1, 0.15) is 18.1 Å². The predicted octanol–water partition coefficient (Wildman–Crippen LogP) is 5.10. The van der Waals surface area contributed by atoms with Gasteiger partial charge in [0.15, 0.2) is 3.68 Å². The summed E-state index contributed by atoms with van der Waals surface area (Å²) in [6, 6.07) is 18.9. The molecule has 0 radical (unpaired) electrons. The lowest BCUT2D eigenvalue weighted by Crippen LogP contribution is -2.04. The summed E-state index contributed by atoms with van der Waals surface area (Å²) >= 11 is 1.78. The van der Waals surface area contributed by atoms with E-state index in [-0.39, 0.29) is 0 Å². The molecule has 1 unspecified atom stereocenters. The molecule has 2 heterocycles. The van der Waals surface area contributed by atoms with Gasteiger partial charge in [0.05, 0.1) is 6.54 Å². The Hall–Kier alpha value is -2.88. The molecule has 0 bridgehead atoms. The van der Waals surface area contributed by atoms with Crippen LogP contribution in [0.5, 0.6) is 0 Å². The molecule has 0 spiro atoms. The lowest BCUT2D eigenvalue weighted by molar-refractivity contribution is 0.349. The summed E-state index contributed by atoms with van der Waals surface area (Å²) in [5, 5.41) is 16.2. The first-order chi connectivity index (χ1) is 14.0. The van der Waals surface area contributed by atoms with Crippen LogP contribution in [0.25, 0.3) is 11.4 Å². The Morgan fingerprint density at radius 1 is 1.07 bits per heavy atom. The number of hydrogen-bond acceptors (Lipinski definition) is 5. The number of anilines is 2. The van der Waals surface area contributed by atoms with Gasteiger partial charge in [0, 0.05) is 29.3 Å². The molecule has 0 amide bonds. The van der Waals surface area contributed by atoms with Gasteiger partial charge in [-0.2, -0.15) is 4.80 Å². The van der Waals surface area contributed by atoms with Crippen molar-refractivity contribution in [1.29, 1.82) is 0 Å².